The van der Waals surface area contributed by atoms with Crippen LogP contribution in [-0.4, -0.2) is 30.3 Å². The highest BCUT2D eigenvalue weighted by atomic mass is 35.5. The molecule has 1 heterocycles. The molecule has 160 valence electrons. The standard InChI is InChI=1S/C23H25Cl2NO4/c1-28-12-23(9-14-7-8-15(10-23)21(14)27)29-11-16-20(26-30-22(16)13-5-6-13)19-17(24)3-2-4-18(19)25/h2-4,13-15H,5-12H2,1H3/t14-,15+,23?. The lowest BCUT2D eigenvalue weighted by atomic mass is 9.77. The molecule has 0 aliphatic heterocycles. The lowest BCUT2D eigenvalue weighted by Crippen LogP contribution is -2.46. The van der Waals surface area contributed by atoms with E-state index < -0.39 is 5.60 Å². The minimum atomic E-state index is -0.464. The number of Topliss-reactive ketones (excluding diaryl/α,β-unsaturated/α-hetero) is 1. The second-order valence-corrected chi connectivity index (χ2v) is 9.75. The molecule has 3 saturated carbocycles. The van der Waals surface area contributed by atoms with Crippen LogP contribution in [0.15, 0.2) is 22.7 Å². The molecule has 3 atom stereocenters. The molecule has 2 aromatic rings. The van der Waals surface area contributed by atoms with E-state index in [-0.39, 0.29) is 11.8 Å². The molecule has 1 aromatic carbocycles. The van der Waals surface area contributed by atoms with Gasteiger partial charge in [0.25, 0.3) is 0 Å². The van der Waals surface area contributed by atoms with Crippen molar-refractivity contribution in [1.29, 1.82) is 0 Å². The van der Waals surface area contributed by atoms with Gasteiger partial charge in [-0.1, -0.05) is 34.4 Å². The fourth-order valence-electron chi connectivity index (χ4n) is 5.22. The van der Waals surface area contributed by atoms with Gasteiger partial charge < -0.3 is 14.0 Å². The molecule has 5 nitrogen and oxygen atoms in total. The Morgan fingerprint density at radius 1 is 1.10 bits per heavy atom. The topological polar surface area (TPSA) is 61.6 Å². The minimum absolute atomic E-state index is 0.0850. The van der Waals surface area contributed by atoms with Crippen LogP contribution in [0.5, 0.6) is 0 Å². The van der Waals surface area contributed by atoms with E-state index >= 15 is 0 Å². The van der Waals surface area contributed by atoms with Crippen molar-refractivity contribution in [3.63, 3.8) is 0 Å². The predicted octanol–water partition coefficient (Wildman–Crippen LogP) is 5.82. The second kappa shape index (κ2) is 7.94. The zero-order valence-corrected chi connectivity index (χ0v) is 18.5. The molecule has 0 radical (unpaired) electrons. The SMILES string of the molecule is COCC1(OCc2c(-c3c(Cl)cccc3Cl)noc2C2CC2)C[C@H]2CC[C@@H](C1)C2=O. The molecule has 1 unspecified atom stereocenters. The number of methoxy groups -OCH3 is 1. The van der Waals surface area contributed by atoms with Gasteiger partial charge in [0, 0.05) is 36.0 Å². The highest BCUT2D eigenvalue weighted by Crippen LogP contribution is 2.49. The largest absolute Gasteiger partial charge is 0.382 e. The molecule has 7 heteroatoms. The van der Waals surface area contributed by atoms with Crippen molar-refractivity contribution >= 4 is 29.0 Å². The van der Waals surface area contributed by atoms with E-state index in [9.17, 15) is 4.79 Å². The number of ether oxygens (including phenoxy) is 2. The Labute approximate surface area is 186 Å². The van der Waals surface area contributed by atoms with E-state index in [4.69, 9.17) is 37.2 Å². The number of carbonyl (C=O) groups excluding carboxylic acids is 1. The van der Waals surface area contributed by atoms with Gasteiger partial charge in [-0.2, -0.15) is 0 Å². The Morgan fingerprint density at radius 3 is 2.33 bits per heavy atom. The maximum atomic E-state index is 12.4. The van der Waals surface area contributed by atoms with Crippen LogP contribution < -0.4 is 0 Å². The lowest BCUT2D eigenvalue weighted by Gasteiger charge is -2.39. The Balaban J connectivity index is 1.47. The molecule has 0 saturated heterocycles. The molecule has 5 rings (SSSR count). The van der Waals surface area contributed by atoms with Gasteiger partial charge in [0.05, 0.1) is 28.9 Å². The Kier molecular flexibility index (Phi) is 5.42. The first-order valence-corrected chi connectivity index (χ1v) is 11.4. The van der Waals surface area contributed by atoms with Crippen molar-refractivity contribution in [1.82, 2.24) is 5.16 Å². The summed E-state index contributed by atoms with van der Waals surface area (Å²) in [6.45, 7) is 0.808. The maximum absolute atomic E-state index is 12.4. The summed E-state index contributed by atoms with van der Waals surface area (Å²) in [7, 11) is 1.69. The molecule has 3 aliphatic carbocycles. The molecule has 1 aromatic heterocycles. The molecule has 3 fully saturated rings. The Morgan fingerprint density at radius 2 is 1.73 bits per heavy atom. The fourth-order valence-corrected chi connectivity index (χ4v) is 5.80. The zero-order valence-electron chi connectivity index (χ0n) is 17.0. The first kappa shape index (κ1) is 20.5. The number of ketones is 1. The van der Waals surface area contributed by atoms with Gasteiger partial charge in [0.15, 0.2) is 0 Å². The van der Waals surface area contributed by atoms with Crippen LogP contribution in [-0.2, 0) is 20.9 Å². The summed E-state index contributed by atoms with van der Waals surface area (Å²) < 4.78 is 17.9. The molecular weight excluding hydrogens is 425 g/mol. The van der Waals surface area contributed by atoms with Crippen LogP contribution in [0.3, 0.4) is 0 Å². The van der Waals surface area contributed by atoms with Gasteiger partial charge in [0.1, 0.15) is 17.2 Å². The summed E-state index contributed by atoms with van der Waals surface area (Å²) >= 11 is 12.9. The van der Waals surface area contributed by atoms with Crippen LogP contribution in [0.1, 0.15) is 55.8 Å². The van der Waals surface area contributed by atoms with Gasteiger partial charge >= 0.3 is 0 Å². The number of carbonyl (C=O) groups is 1. The maximum Gasteiger partial charge on any atom is 0.145 e. The van der Waals surface area contributed by atoms with Crippen molar-refractivity contribution in [2.45, 2.75) is 56.7 Å². The quantitative estimate of drug-likeness (QED) is 0.532. The van der Waals surface area contributed by atoms with E-state index in [2.05, 4.69) is 5.16 Å². The highest BCUT2D eigenvalue weighted by molar-refractivity contribution is 6.39. The first-order valence-electron chi connectivity index (χ1n) is 10.6. The van der Waals surface area contributed by atoms with Crippen LogP contribution in [0, 0.1) is 11.8 Å². The number of nitrogens with zero attached hydrogens (tertiary/aromatic N) is 1. The van der Waals surface area contributed by atoms with Gasteiger partial charge in [-0.15, -0.1) is 0 Å². The van der Waals surface area contributed by atoms with E-state index in [1.54, 1.807) is 19.2 Å². The summed E-state index contributed by atoms with van der Waals surface area (Å²) in [6, 6.07) is 5.42. The summed E-state index contributed by atoms with van der Waals surface area (Å²) in [4.78, 5) is 12.4. The summed E-state index contributed by atoms with van der Waals surface area (Å²) in [5.74, 6) is 1.80. The van der Waals surface area contributed by atoms with Crippen molar-refractivity contribution in [3.05, 3.63) is 39.6 Å². The average Bonchev–Trinajstić information content (AvgIpc) is 3.44. The smallest absolute Gasteiger partial charge is 0.145 e. The van der Waals surface area contributed by atoms with Crippen molar-refractivity contribution in [3.8, 4) is 11.3 Å². The van der Waals surface area contributed by atoms with Crippen LogP contribution in [0.25, 0.3) is 11.3 Å². The van der Waals surface area contributed by atoms with Crippen LogP contribution >= 0.6 is 23.2 Å². The number of fused-ring (bicyclic) bond motifs is 2. The van der Waals surface area contributed by atoms with Gasteiger partial charge in [-0.05, 0) is 50.7 Å². The van der Waals surface area contributed by atoms with E-state index in [1.807, 2.05) is 6.07 Å². The van der Waals surface area contributed by atoms with E-state index in [1.165, 1.54) is 0 Å². The number of benzene rings is 1. The first-order chi connectivity index (χ1) is 14.5. The van der Waals surface area contributed by atoms with Crippen LogP contribution in [0.4, 0.5) is 0 Å². The molecule has 2 bridgehead atoms. The van der Waals surface area contributed by atoms with Gasteiger partial charge in [-0.3, -0.25) is 4.79 Å². The second-order valence-electron chi connectivity index (χ2n) is 8.93. The highest BCUT2D eigenvalue weighted by Gasteiger charge is 2.50. The third-order valence-corrected chi connectivity index (χ3v) is 7.43. The van der Waals surface area contributed by atoms with Crippen molar-refractivity contribution in [2.24, 2.45) is 11.8 Å². The number of halogens is 2. The molecule has 3 aliphatic rings. The summed E-state index contributed by atoms with van der Waals surface area (Å²) in [5, 5.41) is 5.42. The monoisotopic (exact) mass is 449 g/mol. The molecule has 30 heavy (non-hydrogen) atoms. The zero-order chi connectivity index (χ0) is 20.9. The summed E-state index contributed by atoms with van der Waals surface area (Å²) in [6.07, 6.45) is 5.50. The van der Waals surface area contributed by atoms with E-state index in [0.717, 1.165) is 37.0 Å². The van der Waals surface area contributed by atoms with Crippen molar-refractivity contribution in [2.75, 3.05) is 13.7 Å². The average molecular weight is 450 g/mol. The van der Waals surface area contributed by atoms with Gasteiger partial charge in [-0.25, -0.2) is 0 Å². The number of hydrogen-bond acceptors (Lipinski definition) is 5. The predicted molar refractivity (Wildman–Crippen MR) is 114 cm³/mol. The molecule has 0 amide bonds. The third kappa shape index (κ3) is 3.60. The Bertz CT molecular complexity index is 932. The lowest BCUT2D eigenvalue weighted by molar-refractivity contribution is -0.151. The number of aromatic nitrogens is 1. The van der Waals surface area contributed by atoms with Crippen LogP contribution in [0.2, 0.25) is 10.0 Å². The normalized spacial score (nSPS) is 28.3. The molecular formula is C23H25Cl2NO4. The molecule has 0 N–H and O–H groups in total. The fraction of sp³-hybridized carbons (Fsp3) is 0.565. The number of hydrogen-bond donors (Lipinski definition) is 0. The number of rotatable bonds is 7. The summed E-state index contributed by atoms with van der Waals surface area (Å²) in [5.41, 5.74) is 1.77. The minimum Gasteiger partial charge on any atom is -0.382 e. The third-order valence-electron chi connectivity index (χ3n) is 6.80. The van der Waals surface area contributed by atoms with E-state index in [0.29, 0.717) is 59.1 Å². The molecule has 0 spiro atoms. The van der Waals surface area contributed by atoms with Gasteiger partial charge in [0.2, 0.25) is 0 Å². The van der Waals surface area contributed by atoms with Crippen molar-refractivity contribution < 1.29 is 18.8 Å². The Hall–Kier alpha value is -1.40.